The van der Waals surface area contributed by atoms with Gasteiger partial charge >= 0.3 is 5.97 Å². The summed E-state index contributed by atoms with van der Waals surface area (Å²) in [7, 11) is 0. The monoisotopic (exact) mass is 276 g/mol. The largest absolute Gasteiger partial charge is 0.426 e. The van der Waals surface area contributed by atoms with Crippen LogP contribution in [0.15, 0.2) is 12.1 Å². The van der Waals surface area contributed by atoms with Gasteiger partial charge in [-0.15, -0.1) is 0 Å². The third-order valence-electron chi connectivity index (χ3n) is 3.98. The molecule has 3 nitrogen and oxygen atoms in total. The van der Waals surface area contributed by atoms with Gasteiger partial charge < -0.3 is 9.84 Å². The number of benzene rings is 1. The van der Waals surface area contributed by atoms with Crippen molar-refractivity contribution < 1.29 is 14.6 Å². The minimum atomic E-state index is -0.217. The number of aryl methyl sites for hydroxylation is 2. The number of hydrogen-bond donors (Lipinski definition) is 1. The maximum Gasteiger partial charge on any atom is 0.314 e. The van der Waals surface area contributed by atoms with E-state index in [1.807, 2.05) is 19.9 Å². The van der Waals surface area contributed by atoms with Gasteiger partial charge in [0, 0.05) is 12.2 Å². The molecule has 0 spiro atoms. The molecule has 110 valence electrons. The SMILES string of the molecule is Cc1cc(C)c(C(C)(C)CCO)c(OC(=O)C2CC2)c1. The Balaban J connectivity index is 2.39. The normalized spacial score (nSPS) is 15.2. The molecular formula is C17H24O3. The van der Waals surface area contributed by atoms with Crippen LogP contribution in [-0.2, 0) is 10.2 Å². The Kier molecular flexibility index (Phi) is 4.19. The minimum absolute atomic E-state index is 0.0876. The molecular weight excluding hydrogens is 252 g/mol. The molecule has 0 aromatic heterocycles. The number of carbonyl (C=O) groups excluding carboxylic acids is 1. The quantitative estimate of drug-likeness (QED) is 0.663. The summed E-state index contributed by atoms with van der Waals surface area (Å²) in [4.78, 5) is 12.0. The van der Waals surface area contributed by atoms with Gasteiger partial charge in [-0.1, -0.05) is 19.9 Å². The second-order valence-electron chi connectivity index (χ2n) is 6.51. The molecule has 1 aromatic carbocycles. The zero-order valence-electron chi connectivity index (χ0n) is 12.8. The average Bonchev–Trinajstić information content (AvgIpc) is 3.10. The zero-order chi connectivity index (χ0) is 14.9. The van der Waals surface area contributed by atoms with Crippen LogP contribution in [-0.4, -0.2) is 17.7 Å². The fourth-order valence-electron chi connectivity index (χ4n) is 2.79. The smallest absolute Gasteiger partial charge is 0.314 e. The number of esters is 1. The van der Waals surface area contributed by atoms with Gasteiger partial charge in [-0.05, 0) is 55.7 Å². The highest BCUT2D eigenvalue weighted by Crippen LogP contribution is 2.39. The van der Waals surface area contributed by atoms with Crippen molar-refractivity contribution in [2.75, 3.05) is 6.61 Å². The highest BCUT2D eigenvalue weighted by Gasteiger charge is 2.34. The zero-order valence-corrected chi connectivity index (χ0v) is 12.8. The molecule has 1 saturated carbocycles. The summed E-state index contributed by atoms with van der Waals surface area (Å²) in [6.45, 7) is 8.32. The Morgan fingerprint density at radius 1 is 1.35 bits per heavy atom. The van der Waals surface area contributed by atoms with Crippen LogP contribution >= 0.6 is 0 Å². The van der Waals surface area contributed by atoms with Crippen LogP contribution in [0.4, 0.5) is 0 Å². The van der Waals surface area contributed by atoms with Gasteiger partial charge in [-0.25, -0.2) is 0 Å². The summed E-state index contributed by atoms with van der Waals surface area (Å²) in [5.41, 5.74) is 3.02. The molecule has 3 heteroatoms. The van der Waals surface area contributed by atoms with Crippen LogP contribution in [0.5, 0.6) is 5.75 Å². The van der Waals surface area contributed by atoms with Crippen molar-refractivity contribution in [2.24, 2.45) is 5.92 Å². The Morgan fingerprint density at radius 3 is 2.55 bits per heavy atom. The first-order valence-electron chi connectivity index (χ1n) is 7.29. The van der Waals surface area contributed by atoms with E-state index in [1.54, 1.807) is 0 Å². The van der Waals surface area contributed by atoms with Gasteiger partial charge in [0.25, 0.3) is 0 Å². The van der Waals surface area contributed by atoms with Crippen molar-refractivity contribution in [3.05, 3.63) is 28.8 Å². The van der Waals surface area contributed by atoms with Crippen LogP contribution in [0.1, 0.15) is 49.8 Å². The lowest BCUT2D eigenvalue weighted by Crippen LogP contribution is -2.23. The van der Waals surface area contributed by atoms with Crippen molar-refractivity contribution in [1.82, 2.24) is 0 Å². The van der Waals surface area contributed by atoms with Crippen LogP contribution in [0.3, 0.4) is 0 Å². The fraction of sp³-hybridized carbons (Fsp3) is 0.588. The number of rotatable bonds is 5. The van der Waals surface area contributed by atoms with Gasteiger partial charge in [0.1, 0.15) is 5.75 Å². The Morgan fingerprint density at radius 2 is 2.00 bits per heavy atom. The first-order chi connectivity index (χ1) is 9.35. The summed E-state index contributed by atoms with van der Waals surface area (Å²) in [5.74, 6) is 0.638. The third-order valence-corrected chi connectivity index (χ3v) is 3.98. The maximum atomic E-state index is 12.0. The summed E-state index contributed by atoms with van der Waals surface area (Å²) in [6.07, 6.45) is 2.53. The molecule has 1 aliphatic rings. The molecule has 1 aliphatic carbocycles. The number of aliphatic hydroxyl groups excluding tert-OH is 1. The van der Waals surface area contributed by atoms with E-state index in [2.05, 4.69) is 19.9 Å². The molecule has 0 radical (unpaired) electrons. The van der Waals surface area contributed by atoms with Crippen molar-refractivity contribution in [2.45, 2.75) is 52.4 Å². The highest BCUT2D eigenvalue weighted by molar-refractivity contribution is 5.78. The number of hydrogen-bond acceptors (Lipinski definition) is 3. The molecule has 2 rings (SSSR count). The van der Waals surface area contributed by atoms with Gasteiger partial charge in [-0.2, -0.15) is 0 Å². The second kappa shape index (κ2) is 5.57. The molecule has 0 unspecified atom stereocenters. The number of ether oxygens (including phenoxy) is 1. The first kappa shape index (κ1) is 15.0. The van der Waals surface area contributed by atoms with E-state index in [0.717, 1.165) is 29.5 Å². The minimum Gasteiger partial charge on any atom is -0.426 e. The van der Waals surface area contributed by atoms with Crippen LogP contribution in [0.2, 0.25) is 0 Å². The van der Waals surface area contributed by atoms with Gasteiger partial charge in [0.05, 0.1) is 5.92 Å². The molecule has 1 fully saturated rings. The van der Waals surface area contributed by atoms with E-state index in [-0.39, 0.29) is 23.9 Å². The van der Waals surface area contributed by atoms with E-state index in [4.69, 9.17) is 4.74 Å². The summed E-state index contributed by atoms with van der Waals surface area (Å²) < 4.78 is 5.64. The lowest BCUT2D eigenvalue weighted by molar-refractivity contribution is -0.135. The highest BCUT2D eigenvalue weighted by atomic mass is 16.5. The summed E-state index contributed by atoms with van der Waals surface area (Å²) >= 11 is 0. The molecule has 0 heterocycles. The van der Waals surface area contributed by atoms with Crippen molar-refractivity contribution >= 4 is 5.97 Å². The molecule has 20 heavy (non-hydrogen) atoms. The molecule has 0 bridgehead atoms. The van der Waals surface area contributed by atoms with Crippen molar-refractivity contribution in [3.63, 3.8) is 0 Å². The third kappa shape index (κ3) is 3.21. The molecule has 1 N–H and O–H groups in total. The summed E-state index contributed by atoms with van der Waals surface area (Å²) in [6, 6.07) is 4.03. The first-order valence-corrected chi connectivity index (χ1v) is 7.29. The Labute approximate surface area is 121 Å². The standard InChI is InChI=1S/C17H24O3/c1-11-9-12(2)15(17(3,4)7-8-18)14(10-11)20-16(19)13-5-6-13/h9-10,13,18H,5-8H2,1-4H3. The van der Waals surface area contributed by atoms with Crippen molar-refractivity contribution in [1.29, 1.82) is 0 Å². The number of aliphatic hydroxyl groups is 1. The van der Waals surface area contributed by atoms with E-state index in [9.17, 15) is 9.90 Å². The predicted octanol–water partition coefficient (Wildman–Crippen LogP) is 3.28. The molecule has 0 aliphatic heterocycles. The van der Waals surface area contributed by atoms with E-state index in [1.165, 1.54) is 0 Å². The Bertz CT molecular complexity index is 513. The van der Waals surface area contributed by atoms with Crippen molar-refractivity contribution in [3.8, 4) is 5.75 Å². The lowest BCUT2D eigenvalue weighted by atomic mass is 9.78. The lowest BCUT2D eigenvalue weighted by Gasteiger charge is -2.28. The molecule has 1 aromatic rings. The fourth-order valence-corrected chi connectivity index (χ4v) is 2.79. The van der Waals surface area contributed by atoms with E-state index < -0.39 is 0 Å². The van der Waals surface area contributed by atoms with Gasteiger partial charge in [0.2, 0.25) is 0 Å². The topological polar surface area (TPSA) is 46.5 Å². The Hall–Kier alpha value is -1.35. The molecule has 0 atom stereocenters. The van der Waals surface area contributed by atoms with Gasteiger partial charge in [-0.3, -0.25) is 4.79 Å². The molecule has 0 saturated heterocycles. The second-order valence-corrected chi connectivity index (χ2v) is 6.51. The summed E-state index contributed by atoms with van der Waals surface area (Å²) in [5, 5.41) is 9.27. The van der Waals surface area contributed by atoms with E-state index in [0.29, 0.717) is 12.2 Å². The number of carbonyl (C=O) groups is 1. The van der Waals surface area contributed by atoms with Crippen LogP contribution in [0.25, 0.3) is 0 Å². The van der Waals surface area contributed by atoms with E-state index >= 15 is 0 Å². The molecule has 0 amide bonds. The van der Waals surface area contributed by atoms with Crippen LogP contribution < -0.4 is 4.74 Å². The van der Waals surface area contributed by atoms with Crippen LogP contribution in [0, 0.1) is 19.8 Å². The van der Waals surface area contributed by atoms with Gasteiger partial charge in [0.15, 0.2) is 0 Å². The predicted molar refractivity (Wildman–Crippen MR) is 79.0 cm³/mol. The maximum absolute atomic E-state index is 12.0. The average molecular weight is 276 g/mol.